The third-order valence-electron chi connectivity index (χ3n) is 2.28. The fourth-order valence-electron chi connectivity index (χ4n) is 1.13. The van der Waals surface area contributed by atoms with Crippen LogP contribution in [0, 0.1) is 25.2 Å². The molecule has 14 heavy (non-hydrogen) atoms. The van der Waals surface area contributed by atoms with E-state index in [0.717, 1.165) is 5.69 Å². The van der Waals surface area contributed by atoms with Crippen LogP contribution in [0.3, 0.4) is 0 Å². The van der Waals surface area contributed by atoms with E-state index in [1.165, 1.54) is 11.1 Å². The Balaban J connectivity index is 3.04. The summed E-state index contributed by atoms with van der Waals surface area (Å²) in [4.78, 5) is 2.00. The predicted molar refractivity (Wildman–Crippen MR) is 62.5 cm³/mol. The molecular weight excluding hydrogens is 192 g/mol. The molecule has 1 rings (SSSR count). The van der Waals surface area contributed by atoms with Crippen molar-refractivity contribution in [1.82, 2.24) is 0 Å². The zero-order chi connectivity index (χ0) is 10.7. The molecule has 0 aliphatic rings. The SMILES string of the molecule is Cc1ccc(N(C)C(=S)C#N)cc1C. The molecule has 72 valence electrons. The predicted octanol–water partition coefficient (Wildman–Crippen LogP) is 2.59. The summed E-state index contributed by atoms with van der Waals surface area (Å²) in [5, 5.41) is 8.66. The topological polar surface area (TPSA) is 27.0 Å². The molecule has 3 heteroatoms. The molecule has 2 nitrogen and oxygen atoms in total. The smallest absolute Gasteiger partial charge is 0.185 e. The molecule has 0 saturated heterocycles. The third kappa shape index (κ3) is 2.09. The summed E-state index contributed by atoms with van der Waals surface area (Å²) >= 11 is 4.90. The molecule has 0 amide bonds. The fraction of sp³-hybridized carbons (Fsp3) is 0.273. The Morgan fingerprint density at radius 2 is 2.00 bits per heavy atom. The molecule has 0 atom stereocenters. The summed E-state index contributed by atoms with van der Waals surface area (Å²) in [6.07, 6.45) is 0. The van der Waals surface area contributed by atoms with Gasteiger partial charge in [0.15, 0.2) is 4.99 Å². The van der Waals surface area contributed by atoms with Crippen molar-refractivity contribution in [2.75, 3.05) is 11.9 Å². The van der Waals surface area contributed by atoms with E-state index in [2.05, 4.69) is 6.92 Å². The van der Waals surface area contributed by atoms with Crippen LogP contribution in [0.1, 0.15) is 11.1 Å². The van der Waals surface area contributed by atoms with Crippen LogP contribution in [0.25, 0.3) is 0 Å². The molecule has 0 N–H and O–H groups in total. The first-order valence-corrected chi connectivity index (χ1v) is 4.72. The van der Waals surface area contributed by atoms with Crippen molar-refractivity contribution in [2.45, 2.75) is 13.8 Å². The maximum atomic E-state index is 8.66. The van der Waals surface area contributed by atoms with Crippen LogP contribution in [0.4, 0.5) is 5.69 Å². The zero-order valence-electron chi connectivity index (χ0n) is 8.53. The molecule has 0 radical (unpaired) electrons. The van der Waals surface area contributed by atoms with Gasteiger partial charge in [-0.15, -0.1) is 0 Å². The lowest BCUT2D eigenvalue weighted by atomic mass is 10.1. The van der Waals surface area contributed by atoms with Gasteiger partial charge in [-0.3, -0.25) is 0 Å². The fourth-order valence-corrected chi connectivity index (χ4v) is 1.23. The van der Waals surface area contributed by atoms with Gasteiger partial charge in [0.2, 0.25) is 0 Å². The van der Waals surface area contributed by atoms with Crippen LogP contribution in [0.15, 0.2) is 18.2 Å². The van der Waals surface area contributed by atoms with E-state index >= 15 is 0 Å². The van der Waals surface area contributed by atoms with E-state index in [9.17, 15) is 0 Å². The first-order valence-electron chi connectivity index (χ1n) is 4.31. The summed E-state index contributed by atoms with van der Waals surface area (Å²) in [7, 11) is 1.80. The average molecular weight is 204 g/mol. The monoisotopic (exact) mass is 204 g/mol. The molecule has 1 aromatic rings. The number of benzene rings is 1. The van der Waals surface area contributed by atoms with Crippen molar-refractivity contribution in [3.63, 3.8) is 0 Å². The quantitative estimate of drug-likeness (QED) is 0.658. The second-order valence-electron chi connectivity index (χ2n) is 3.24. The third-order valence-corrected chi connectivity index (χ3v) is 2.64. The normalized spacial score (nSPS) is 9.29. The number of anilines is 1. The largest absolute Gasteiger partial charge is 0.327 e. The summed E-state index contributed by atoms with van der Waals surface area (Å²) in [6, 6.07) is 7.97. The van der Waals surface area contributed by atoms with Crippen molar-refractivity contribution < 1.29 is 0 Å². The van der Waals surface area contributed by atoms with Crippen LogP contribution in [-0.2, 0) is 0 Å². The van der Waals surface area contributed by atoms with Gasteiger partial charge in [-0.25, -0.2) is 0 Å². The van der Waals surface area contributed by atoms with Crippen molar-refractivity contribution in [3.8, 4) is 6.07 Å². The number of rotatable bonds is 1. The number of hydrogen-bond donors (Lipinski definition) is 0. The van der Waals surface area contributed by atoms with E-state index in [0.29, 0.717) is 0 Å². The molecule has 0 bridgehead atoms. The lowest BCUT2D eigenvalue weighted by molar-refractivity contribution is 1.25. The van der Waals surface area contributed by atoms with Gasteiger partial charge in [-0.05, 0) is 49.3 Å². The summed E-state index contributed by atoms with van der Waals surface area (Å²) < 4.78 is 0. The number of thiocarbonyl (C=S) groups is 1. The van der Waals surface area contributed by atoms with Crippen LogP contribution in [0.5, 0.6) is 0 Å². The molecule has 0 aliphatic carbocycles. The molecular formula is C11H12N2S. The maximum absolute atomic E-state index is 8.66. The Bertz CT molecular complexity index is 404. The van der Waals surface area contributed by atoms with Crippen molar-refractivity contribution in [2.24, 2.45) is 0 Å². The highest BCUT2D eigenvalue weighted by Crippen LogP contribution is 2.17. The zero-order valence-corrected chi connectivity index (χ0v) is 9.35. The molecule has 1 aromatic carbocycles. The van der Waals surface area contributed by atoms with Crippen LogP contribution >= 0.6 is 12.2 Å². The lowest BCUT2D eigenvalue weighted by Crippen LogP contribution is -2.22. The molecule has 0 heterocycles. The molecule has 0 unspecified atom stereocenters. The molecule has 0 spiro atoms. The van der Waals surface area contributed by atoms with Gasteiger partial charge in [0.1, 0.15) is 6.07 Å². The van der Waals surface area contributed by atoms with Crippen molar-refractivity contribution in [1.29, 1.82) is 5.26 Å². The van der Waals surface area contributed by atoms with Crippen molar-refractivity contribution in [3.05, 3.63) is 29.3 Å². The second kappa shape index (κ2) is 4.21. The summed E-state index contributed by atoms with van der Waals surface area (Å²) in [6.45, 7) is 4.10. The standard InChI is InChI=1S/C11H12N2S/c1-8-4-5-10(6-9(8)2)13(3)11(14)7-12/h4-6H,1-3H3. The van der Waals surface area contributed by atoms with Crippen LogP contribution < -0.4 is 4.90 Å². The van der Waals surface area contributed by atoms with E-state index < -0.39 is 0 Å². The highest BCUT2D eigenvalue weighted by Gasteiger charge is 2.06. The van der Waals surface area contributed by atoms with Gasteiger partial charge >= 0.3 is 0 Å². The highest BCUT2D eigenvalue weighted by atomic mass is 32.1. The number of nitrogens with zero attached hydrogens (tertiary/aromatic N) is 2. The van der Waals surface area contributed by atoms with Gasteiger partial charge < -0.3 is 4.90 Å². The second-order valence-corrected chi connectivity index (χ2v) is 3.63. The summed E-state index contributed by atoms with van der Waals surface area (Å²) in [5.41, 5.74) is 3.40. The Labute approximate surface area is 89.8 Å². The Hall–Kier alpha value is -1.40. The minimum Gasteiger partial charge on any atom is -0.327 e. The lowest BCUT2D eigenvalue weighted by Gasteiger charge is -2.16. The van der Waals surface area contributed by atoms with E-state index in [-0.39, 0.29) is 4.99 Å². The van der Waals surface area contributed by atoms with E-state index in [1.54, 1.807) is 11.9 Å². The maximum Gasteiger partial charge on any atom is 0.185 e. The number of aryl methyl sites for hydroxylation is 2. The van der Waals surface area contributed by atoms with E-state index in [1.807, 2.05) is 31.2 Å². The number of nitriles is 1. The Kier molecular flexibility index (Phi) is 3.21. The van der Waals surface area contributed by atoms with Crippen LogP contribution in [0.2, 0.25) is 0 Å². The van der Waals surface area contributed by atoms with Gasteiger partial charge in [-0.1, -0.05) is 6.07 Å². The Morgan fingerprint density at radius 3 is 2.50 bits per heavy atom. The minimum atomic E-state index is 0.285. The first-order chi connectivity index (χ1) is 6.56. The Morgan fingerprint density at radius 1 is 1.36 bits per heavy atom. The van der Waals surface area contributed by atoms with Gasteiger partial charge in [-0.2, -0.15) is 5.26 Å². The first kappa shape index (κ1) is 10.7. The van der Waals surface area contributed by atoms with Gasteiger partial charge in [0.05, 0.1) is 0 Å². The summed E-state index contributed by atoms with van der Waals surface area (Å²) in [5.74, 6) is 0. The van der Waals surface area contributed by atoms with E-state index in [4.69, 9.17) is 17.5 Å². The molecule has 0 aromatic heterocycles. The van der Waals surface area contributed by atoms with Gasteiger partial charge in [0, 0.05) is 12.7 Å². The molecule has 0 aliphatic heterocycles. The minimum absolute atomic E-state index is 0.285. The molecule has 0 fully saturated rings. The highest BCUT2D eigenvalue weighted by molar-refractivity contribution is 7.81. The average Bonchev–Trinajstić information content (AvgIpc) is 2.20. The van der Waals surface area contributed by atoms with Crippen molar-refractivity contribution >= 4 is 22.9 Å². The molecule has 0 saturated carbocycles. The number of hydrogen-bond acceptors (Lipinski definition) is 2. The van der Waals surface area contributed by atoms with Crippen LogP contribution in [-0.4, -0.2) is 12.0 Å². The van der Waals surface area contributed by atoms with Gasteiger partial charge in [0.25, 0.3) is 0 Å².